The molecule has 1 spiro atoms. The molecule has 9 heteroatoms. The Morgan fingerprint density at radius 2 is 1.75 bits per heavy atom. The number of esters is 2. The summed E-state index contributed by atoms with van der Waals surface area (Å²) < 4.78 is 15.4. The van der Waals surface area contributed by atoms with Crippen LogP contribution < -0.4 is 10.1 Å². The van der Waals surface area contributed by atoms with E-state index in [1.54, 1.807) is 21.0 Å². The Labute approximate surface area is 200 Å². The molecule has 1 aromatic rings. The SMILES string of the molecule is CCOC(=O)C1=C[C@]2(SC=C(C(=O)OCC)S2)C2=C(S1)C(C)(C)Nc1ccc(OC)cc12. The highest BCUT2D eigenvalue weighted by Gasteiger charge is 2.51. The Morgan fingerprint density at radius 1 is 1.06 bits per heavy atom. The van der Waals surface area contributed by atoms with E-state index < -0.39 is 9.62 Å². The van der Waals surface area contributed by atoms with Gasteiger partial charge in [0.1, 0.15) is 14.7 Å². The number of hydrogen-bond donors (Lipinski definition) is 1. The number of carbonyl (C=O) groups is 2. The maximum Gasteiger partial charge on any atom is 0.345 e. The van der Waals surface area contributed by atoms with Crippen molar-refractivity contribution in [1.82, 2.24) is 0 Å². The molecular formula is C23H25NO5S3. The molecule has 3 aliphatic rings. The minimum Gasteiger partial charge on any atom is -0.497 e. The lowest BCUT2D eigenvalue weighted by molar-refractivity contribution is -0.138. The van der Waals surface area contributed by atoms with Gasteiger partial charge in [0.2, 0.25) is 0 Å². The molecule has 0 aliphatic carbocycles. The number of hydrogen-bond acceptors (Lipinski definition) is 9. The molecule has 0 bridgehead atoms. The highest BCUT2D eigenvalue weighted by molar-refractivity contribution is 8.25. The molecule has 170 valence electrons. The first kappa shape index (κ1) is 23.2. The van der Waals surface area contributed by atoms with Gasteiger partial charge in [-0.1, -0.05) is 23.5 Å². The van der Waals surface area contributed by atoms with E-state index in [0.717, 1.165) is 27.5 Å². The average Bonchev–Trinajstić information content (AvgIpc) is 3.17. The van der Waals surface area contributed by atoms with Crippen molar-refractivity contribution >= 4 is 58.5 Å². The molecule has 1 N–H and O–H groups in total. The molecule has 1 aromatic carbocycles. The predicted octanol–water partition coefficient (Wildman–Crippen LogP) is 5.39. The quantitative estimate of drug-likeness (QED) is 0.546. The van der Waals surface area contributed by atoms with Crippen LogP contribution >= 0.6 is 35.3 Å². The monoisotopic (exact) mass is 491 g/mol. The fraction of sp³-hybridized carbons (Fsp3) is 0.391. The van der Waals surface area contributed by atoms with Gasteiger partial charge in [-0.15, -0.1) is 11.8 Å². The summed E-state index contributed by atoms with van der Waals surface area (Å²) in [6, 6.07) is 5.93. The van der Waals surface area contributed by atoms with Crippen LogP contribution in [0.4, 0.5) is 5.69 Å². The van der Waals surface area contributed by atoms with Gasteiger partial charge >= 0.3 is 11.9 Å². The second-order valence-corrected chi connectivity index (χ2v) is 11.5. The molecule has 32 heavy (non-hydrogen) atoms. The van der Waals surface area contributed by atoms with Crippen LogP contribution in [0.25, 0.3) is 5.57 Å². The summed E-state index contributed by atoms with van der Waals surface area (Å²) in [7, 11) is 1.64. The van der Waals surface area contributed by atoms with Gasteiger partial charge in [0, 0.05) is 21.7 Å². The van der Waals surface area contributed by atoms with Crippen LogP contribution in [0.1, 0.15) is 33.3 Å². The molecule has 0 fully saturated rings. The lowest BCUT2D eigenvalue weighted by Crippen LogP contribution is -2.40. The van der Waals surface area contributed by atoms with Crippen LogP contribution in [0.15, 0.2) is 44.4 Å². The van der Waals surface area contributed by atoms with Crippen LogP contribution in [0.5, 0.6) is 5.75 Å². The van der Waals surface area contributed by atoms with Crippen molar-refractivity contribution in [3.63, 3.8) is 0 Å². The Morgan fingerprint density at radius 3 is 2.41 bits per heavy atom. The van der Waals surface area contributed by atoms with Crippen molar-refractivity contribution in [3.8, 4) is 5.75 Å². The Balaban J connectivity index is 1.89. The highest BCUT2D eigenvalue weighted by Crippen LogP contribution is 2.65. The van der Waals surface area contributed by atoms with Gasteiger partial charge in [0.25, 0.3) is 0 Å². The van der Waals surface area contributed by atoms with Gasteiger partial charge in [0.05, 0.1) is 30.8 Å². The molecular weight excluding hydrogens is 466 g/mol. The van der Waals surface area contributed by atoms with Gasteiger partial charge in [-0.25, -0.2) is 9.59 Å². The molecule has 0 aromatic heterocycles. The summed E-state index contributed by atoms with van der Waals surface area (Å²) in [4.78, 5) is 27.4. The van der Waals surface area contributed by atoms with E-state index in [1.807, 2.05) is 29.7 Å². The molecule has 0 radical (unpaired) electrons. The van der Waals surface area contributed by atoms with Crippen molar-refractivity contribution in [2.24, 2.45) is 0 Å². The summed E-state index contributed by atoms with van der Waals surface area (Å²) in [5, 5.41) is 5.43. The molecule has 0 unspecified atom stereocenters. The number of anilines is 1. The molecule has 0 saturated carbocycles. The van der Waals surface area contributed by atoms with E-state index in [1.165, 1.54) is 35.3 Å². The lowest BCUT2D eigenvalue weighted by atomic mass is 9.87. The van der Waals surface area contributed by atoms with E-state index in [4.69, 9.17) is 14.2 Å². The van der Waals surface area contributed by atoms with Crippen LogP contribution in [-0.2, 0) is 19.1 Å². The fourth-order valence-electron chi connectivity index (χ4n) is 3.82. The number of nitrogens with one attached hydrogen (secondary N) is 1. The van der Waals surface area contributed by atoms with Gasteiger partial charge in [-0.05, 0) is 57.4 Å². The van der Waals surface area contributed by atoms with E-state index in [9.17, 15) is 9.59 Å². The smallest absolute Gasteiger partial charge is 0.345 e. The highest BCUT2D eigenvalue weighted by atomic mass is 32.2. The van der Waals surface area contributed by atoms with Crippen molar-refractivity contribution in [2.45, 2.75) is 37.3 Å². The maximum atomic E-state index is 12.8. The number of carbonyl (C=O) groups excluding carboxylic acids is 2. The number of fused-ring (bicyclic) bond motifs is 3. The van der Waals surface area contributed by atoms with Crippen LogP contribution in [0.2, 0.25) is 0 Å². The average molecular weight is 492 g/mol. The minimum absolute atomic E-state index is 0.296. The predicted molar refractivity (Wildman–Crippen MR) is 133 cm³/mol. The molecule has 3 aliphatic heterocycles. The summed E-state index contributed by atoms with van der Waals surface area (Å²) in [5.74, 6) is 0.0258. The zero-order valence-electron chi connectivity index (χ0n) is 18.6. The third kappa shape index (κ3) is 3.95. The number of thioether (sulfide) groups is 3. The molecule has 3 heterocycles. The van der Waals surface area contributed by atoms with E-state index in [0.29, 0.717) is 23.0 Å². The molecule has 0 saturated heterocycles. The number of benzene rings is 1. The lowest BCUT2D eigenvalue weighted by Gasteiger charge is -2.44. The van der Waals surface area contributed by atoms with Crippen molar-refractivity contribution in [2.75, 3.05) is 25.6 Å². The standard InChI is InChI=1S/C23H25NO5S3/c1-6-28-20(25)16-11-23(30-12-17(32-23)21(26)29-7-2)18-14-10-13(27-5)8-9-15(14)24-22(3,4)19(18)31-16/h8-12,24H,6-7H2,1-5H3/t23-/m1/s1. The van der Waals surface area contributed by atoms with Crippen molar-refractivity contribution in [1.29, 1.82) is 0 Å². The van der Waals surface area contributed by atoms with Crippen LogP contribution in [0.3, 0.4) is 0 Å². The first-order chi connectivity index (χ1) is 15.2. The summed E-state index contributed by atoms with van der Waals surface area (Å²) in [6.45, 7) is 8.36. The van der Waals surface area contributed by atoms with Gasteiger partial charge in [0.15, 0.2) is 0 Å². The first-order valence-corrected chi connectivity index (χ1v) is 12.8. The summed E-state index contributed by atoms with van der Waals surface area (Å²) in [5.41, 5.74) is 2.59. The zero-order valence-corrected chi connectivity index (χ0v) is 21.0. The second-order valence-electron chi connectivity index (χ2n) is 7.79. The minimum atomic E-state index is -0.703. The van der Waals surface area contributed by atoms with Gasteiger partial charge in [-0.3, -0.25) is 0 Å². The number of rotatable bonds is 5. The van der Waals surface area contributed by atoms with Gasteiger partial charge < -0.3 is 19.5 Å². The zero-order chi connectivity index (χ0) is 23.1. The van der Waals surface area contributed by atoms with E-state index in [2.05, 4.69) is 19.2 Å². The molecule has 4 rings (SSSR count). The molecule has 0 amide bonds. The fourth-order valence-corrected chi connectivity index (χ4v) is 8.18. The maximum absolute atomic E-state index is 12.8. The second kappa shape index (κ2) is 8.76. The summed E-state index contributed by atoms with van der Waals surface area (Å²) >= 11 is 4.34. The van der Waals surface area contributed by atoms with Crippen molar-refractivity contribution in [3.05, 3.63) is 50.0 Å². The Bertz CT molecular complexity index is 1080. The van der Waals surface area contributed by atoms with Crippen molar-refractivity contribution < 1.29 is 23.8 Å². The molecule has 1 atom stereocenters. The van der Waals surface area contributed by atoms with Crippen LogP contribution in [0, 0.1) is 0 Å². The Kier molecular flexibility index (Phi) is 6.35. The van der Waals surface area contributed by atoms with Gasteiger partial charge in [-0.2, -0.15) is 0 Å². The van der Waals surface area contributed by atoms with E-state index >= 15 is 0 Å². The summed E-state index contributed by atoms with van der Waals surface area (Å²) in [6.07, 6.45) is 1.93. The normalized spacial score (nSPS) is 22.9. The topological polar surface area (TPSA) is 73.9 Å². The van der Waals surface area contributed by atoms with Crippen LogP contribution in [-0.4, -0.2) is 41.9 Å². The number of methoxy groups -OCH3 is 1. The third-order valence-corrected chi connectivity index (χ3v) is 9.44. The Hall–Kier alpha value is -1.97. The molecule has 6 nitrogen and oxygen atoms in total. The largest absolute Gasteiger partial charge is 0.497 e. The number of ether oxygens (including phenoxy) is 3. The third-order valence-electron chi connectivity index (χ3n) is 5.18. The van der Waals surface area contributed by atoms with E-state index in [-0.39, 0.29) is 11.9 Å². The first-order valence-electron chi connectivity index (χ1n) is 10.3.